The van der Waals surface area contributed by atoms with Crippen molar-refractivity contribution in [2.75, 3.05) is 14.2 Å². The van der Waals surface area contributed by atoms with Gasteiger partial charge in [-0.3, -0.25) is 15.2 Å². The number of nitrogens with zero attached hydrogens (tertiary/aromatic N) is 1. The van der Waals surface area contributed by atoms with Crippen molar-refractivity contribution in [2.45, 2.75) is 20.0 Å². The average molecular weight is 434 g/mol. The van der Waals surface area contributed by atoms with E-state index >= 15 is 0 Å². The second-order valence-electron chi connectivity index (χ2n) is 7.28. The van der Waals surface area contributed by atoms with Gasteiger partial charge in [-0.2, -0.15) is 0 Å². The summed E-state index contributed by atoms with van der Waals surface area (Å²) in [6, 6.07) is 14.9. The molecule has 3 aromatic rings. The molecule has 8 nitrogen and oxygen atoms in total. The fourth-order valence-corrected chi connectivity index (χ4v) is 3.27. The Bertz CT molecular complexity index is 1110. The molecule has 1 aromatic heterocycles. The van der Waals surface area contributed by atoms with Gasteiger partial charge in [-0.05, 0) is 71.6 Å². The van der Waals surface area contributed by atoms with Crippen molar-refractivity contribution in [1.29, 1.82) is 5.41 Å². The molecule has 0 fully saturated rings. The molecule has 3 rings (SSSR count). The number of carbonyl (C=O) groups excluding carboxylic acids is 1. The van der Waals surface area contributed by atoms with Gasteiger partial charge in [0.2, 0.25) is 0 Å². The maximum Gasteiger partial charge on any atom is 0.251 e. The summed E-state index contributed by atoms with van der Waals surface area (Å²) in [6.07, 6.45) is 1.74. The Kier molecular flexibility index (Phi) is 7.28. The van der Waals surface area contributed by atoms with E-state index in [-0.39, 0.29) is 11.9 Å². The van der Waals surface area contributed by atoms with Crippen molar-refractivity contribution in [1.82, 2.24) is 15.6 Å². The molecule has 0 radical (unpaired) electrons. The fraction of sp³-hybridized carbons (Fsp3) is 0.208. The van der Waals surface area contributed by atoms with Crippen LogP contribution in [0.2, 0.25) is 0 Å². The highest BCUT2D eigenvalue weighted by molar-refractivity contribution is 5.95. The molecular weight excluding hydrogens is 406 g/mol. The van der Waals surface area contributed by atoms with Gasteiger partial charge in [-0.15, -0.1) is 0 Å². The van der Waals surface area contributed by atoms with E-state index < -0.39 is 0 Å². The minimum Gasteiger partial charge on any atom is -0.497 e. The Labute approximate surface area is 187 Å². The summed E-state index contributed by atoms with van der Waals surface area (Å²) in [5.41, 5.74) is 10.3. The fourth-order valence-electron chi connectivity index (χ4n) is 3.27. The lowest BCUT2D eigenvalue weighted by molar-refractivity contribution is 0.0950. The Morgan fingerprint density at radius 1 is 0.938 bits per heavy atom. The highest BCUT2D eigenvalue weighted by Gasteiger charge is 2.12. The summed E-state index contributed by atoms with van der Waals surface area (Å²) < 4.78 is 10.6. The predicted octanol–water partition coefficient (Wildman–Crippen LogP) is 2.99. The normalized spacial score (nSPS) is 10.3. The van der Waals surface area contributed by atoms with Gasteiger partial charge in [0.15, 0.2) is 5.96 Å². The van der Waals surface area contributed by atoms with E-state index in [1.165, 1.54) is 0 Å². The van der Waals surface area contributed by atoms with Gasteiger partial charge in [0.25, 0.3) is 5.91 Å². The first-order chi connectivity index (χ1) is 15.4. The third kappa shape index (κ3) is 5.98. The molecule has 0 spiro atoms. The van der Waals surface area contributed by atoms with Gasteiger partial charge in [0.05, 0.1) is 14.2 Å². The quantitative estimate of drug-likeness (QED) is 0.320. The number of nitrogens with two attached hydrogens (primary N) is 1. The molecule has 0 atom stereocenters. The Morgan fingerprint density at radius 2 is 1.59 bits per heavy atom. The maximum absolute atomic E-state index is 13.0. The number of guanidine groups is 1. The number of pyridine rings is 1. The van der Waals surface area contributed by atoms with Crippen LogP contribution in [-0.4, -0.2) is 31.1 Å². The van der Waals surface area contributed by atoms with Gasteiger partial charge >= 0.3 is 0 Å². The first kappa shape index (κ1) is 22.6. The van der Waals surface area contributed by atoms with Crippen LogP contribution in [0.4, 0.5) is 0 Å². The Hall–Kier alpha value is -4.07. The molecule has 5 N–H and O–H groups in total. The molecule has 0 unspecified atom stereocenters. The molecule has 0 bridgehead atoms. The number of methoxy groups -OCH3 is 2. The largest absolute Gasteiger partial charge is 0.497 e. The second kappa shape index (κ2) is 10.3. The molecule has 166 valence electrons. The van der Waals surface area contributed by atoms with Crippen LogP contribution >= 0.6 is 0 Å². The van der Waals surface area contributed by atoms with Crippen LogP contribution in [0, 0.1) is 12.3 Å². The van der Waals surface area contributed by atoms with E-state index in [0.29, 0.717) is 30.2 Å². The smallest absolute Gasteiger partial charge is 0.251 e. The first-order valence-corrected chi connectivity index (χ1v) is 10.0. The van der Waals surface area contributed by atoms with Crippen LogP contribution in [0.5, 0.6) is 11.5 Å². The van der Waals surface area contributed by atoms with Crippen LogP contribution < -0.4 is 25.8 Å². The SMILES string of the molecule is COc1cc(CNC(=O)c2cc(CNC(=N)N)cc(-c3ccnc(C)c3)c2)cc(OC)c1. The average Bonchev–Trinajstić information content (AvgIpc) is 2.80. The number of hydrogen-bond acceptors (Lipinski definition) is 5. The van der Waals surface area contributed by atoms with E-state index in [2.05, 4.69) is 15.6 Å². The summed E-state index contributed by atoms with van der Waals surface area (Å²) >= 11 is 0. The summed E-state index contributed by atoms with van der Waals surface area (Å²) in [4.78, 5) is 17.2. The molecular formula is C24H27N5O3. The zero-order valence-corrected chi connectivity index (χ0v) is 18.4. The molecule has 0 aliphatic carbocycles. The van der Waals surface area contributed by atoms with E-state index in [1.807, 2.05) is 43.3 Å². The molecule has 1 amide bonds. The number of aromatic nitrogens is 1. The van der Waals surface area contributed by atoms with Crippen molar-refractivity contribution < 1.29 is 14.3 Å². The predicted molar refractivity (Wildman–Crippen MR) is 124 cm³/mol. The van der Waals surface area contributed by atoms with E-state index in [9.17, 15) is 4.79 Å². The summed E-state index contributed by atoms with van der Waals surface area (Å²) in [5, 5.41) is 13.2. The van der Waals surface area contributed by atoms with Crippen LogP contribution in [0.25, 0.3) is 11.1 Å². The second-order valence-corrected chi connectivity index (χ2v) is 7.28. The molecule has 0 aliphatic heterocycles. The lowest BCUT2D eigenvalue weighted by Gasteiger charge is -2.13. The number of aryl methyl sites for hydroxylation is 1. The molecule has 0 aliphatic rings. The third-order valence-corrected chi connectivity index (χ3v) is 4.83. The molecule has 2 aromatic carbocycles. The standard InChI is InChI=1S/C24H27N5O3/c1-15-6-18(4-5-27-15)19-7-16(14-29-24(25)26)8-20(11-19)23(30)28-13-17-9-21(31-2)12-22(10-17)32-3/h4-12H,13-14H2,1-3H3,(H,28,30)(H4,25,26,29). The van der Waals surface area contributed by atoms with Crippen LogP contribution in [0.3, 0.4) is 0 Å². The Balaban J connectivity index is 1.86. The zero-order chi connectivity index (χ0) is 23.1. The van der Waals surface area contributed by atoms with Crippen molar-refractivity contribution in [2.24, 2.45) is 5.73 Å². The molecule has 1 heterocycles. The lowest BCUT2D eigenvalue weighted by Crippen LogP contribution is -2.29. The number of rotatable bonds is 8. The zero-order valence-electron chi connectivity index (χ0n) is 18.4. The number of amides is 1. The number of carbonyl (C=O) groups is 1. The Morgan fingerprint density at radius 3 is 2.22 bits per heavy atom. The maximum atomic E-state index is 13.0. The van der Waals surface area contributed by atoms with E-state index in [0.717, 1.165) is 27.9 Å². The lowest BCUT2D eigenvalue weighted by atomic mass is 9.99. The topological polar surface area (TPSA) is 122 Å². The van der Waals surface area contributed by atoms with E-state index in [4.69, 9.17) is 20.6 Å². The van der Waals surface area contributed by atoms with Crippen LogP contribution in [-0.2, 0) is 13.1 Å². The number of benzene rings is 2. The van der Waals surface area contributed by atoms with Crippen molar-refractivity contribution in [3.63, 3.8) is 0 Å². The number of hydrogen-bond donors (Lipinski definition) is 4. The minimum atomic E-state index is -0.219. The summed E-state index contributed by atoms with van der Waals surface area (Å²) in [7, 11) is 3.17. The third-order valence-electron chi connectivity index (χ3n) is 4.83. The van der Waals surface area contributed by atoms with Gasteiger partial charge in [-0.25, -0.2) is 0 Å². The minimum absolute atomic E-state index is 0.131. The van der Waals surface area contributed by atoms with Crippen molar-refractivity contribution >= 4 is 11.9 Å². The summed E-state index contributed by atoms with van der Waals surface area (Å²) in [6.45, 7) is 2.56. The van der Waals surface area contributed by atoms with E-state index in [1.54, 1.807) is 32.5 Å². The monoisotopic (exact) mass is 433 g/mol. The first-order valence-electron chi connectivity index (χ1n) is 10.0. The van der Waals surface area contributed by atoms with Crippen LogP contribution in [0.1, 0.15) is 27.2 Å². The number of ether oxygens (including phenoxy) is 2. The van der Waals surface area contributed by atoms with Gasteiger partial charge in [-0.1, -0.05) is 0 Å². The van der Waals surface area contributed by atoms with Crippen LogP contribution in [0.15, 0.2) is 54.7 Å². The van der Waals surface area contributed by atoms with Gasteiger partial charge in [0, 0.05) is 36.6 Å². The molecule has 32 heavy (non-hydrogen) atoms. The van der Waals surface area contributed by atoms with Gasteiger partial charge in [0.1, 0.15) is 11.5 Å². The highest BCUT2D eigenvalue weighted by atomic mass is 16.5. The number of nitrogens with one attached hydrogen (secondary N) is 3. The molecule has 0 saturated heterocycles. The van der Waals surface area contributed by atoms with Gasteiger partial charge < -0.3 is 25.8 Å². The van der Waals surface area contributed by atoms with Crippen molar-refractivity contribution in [3.05, 3.63) is 77.1 Å². The highest BCUT2D eigenvalue weighted by Crippen LogP contribution is 2.24. The molecule has 0 saturated carbocycles. The van der Waals surface area contributed by atoms with Crippen molar-refractivity contribution in [3.8, 4) is 22.6 Å². The summed E-state index contributed by atoms with van der Waals surface area (Å²) in [5.74, 6) is 0.958. The molecule has 8 heteroatoms.